The summed E-state index contributed by atoms with van der Waals surface area (Å²) in [5.41, 5.74) is 3.55. The predicted octanol–water partition coefficient (Wildman–Crippen LogP) is 2.48. The number of β-lactam (4-membered cyclic amide) rings is 1. The molecular weight excluding hydrogens is 440 g/mol. The summed E-state index contributed by atoms with van der Waals surface area (Å²) >= 11 is 1.64. The number of carbonyl (C=O) groups is 2. The van der Waals surface area contributed by atoms with Gasteiger partial charge in [-0.3, -0.25) is 4.79 Å². The van der Waals surface area contributed by atoms with Crippen molar-refractivity contribution < 1.29 is 24.5 Å². The number of esters is 1. The molecule has 2 N–H and O–H groups in total. The Hall–Kier alpha value is -2.39. The van der Waals surface area contributed by atoms with Crippen molar-refractivity contribution in [3.05, 3.63) is 52.7 Å². The van der Waals surface area contributed by atoms with Gasteiger partial charge in [-0.05, 0) is 58.8 Å². The van der Waals surface area contributed by atoms with Crippen LogP contribution in [-0.4, -0.2) is 63.7 Å². The minimum absolute atomic E-state index is 0.0586. The van der Waals surface area contributed by atoms with Crippen LogP contribution in [0.2, 0.25) is 0 Å². The van der Waals surface area contributed by atoms with E-state index >= 15 is 0 Å². The van der Waals surface area contributed by atoms with Gasteiger partial charge in [0.2, 0.25) is 5.91 Å². The molecule has 3 heterocycles. The molecule has 0 radical (unpaired) electrons. The summed E-state index contributed by atoms with van der Waals surface area (Å²) in [6.07, 6.45) is -0.185. The van der Waals surface area contributed by atoms with Gasteiger partial charge < -0.3 is 19.8 Å². The Morgan fingerprint density at radius 1 is 1.33 bits per heavy atom. The summed E-state index contributed by atoms with van der Waals surface area (Å²) in [5, 5.41) is 22.1. The molecule has 5 rings (SSSR count). The number of methoxy groups -OCH3 is 1. The summed E-state index contributed by atoms with van der Waals surface area (Å²) < 4.78 is 7.23. The van der Waals surface area contributed by atoms with Gasteiger partial charge in [-0.15, -0.1) is 0 Å². The number of ether oxygens (including phenoxy) is 1. The third kappa shape index (κ3) is 3.39. The van der Waals surface area contributed by atoms with Crippen LogP contribution in [0.1, 0.15) is 25.0 Å². The molecule has 33 heavy (non-hydrogen) atoms. The Kier molecular flexibility index (Phi) is 5.73. The molecule has 0 aliphatic carbocycles. The van der Waals surface area contributed by atoms with Crippen LogP contribution in [0.15, 0.2) is 46.5 Å². The van der Waals surface area contributed by atoms with Crippen molar-refractivity contribution in [3.63, 3.8) is 0 Å². The molecule has 3 aliphatic heterocycles. The van der Waals surface area contributed by atoms with E-state index in [1.165, 1.54) is 17.6 Å². The number of carbonyl (C=O) groups excluding carboxylic acids is 2. The van der Waals surface area contributed by atoms with E-state index in [1.807, 2.05) is 19.1 Å². The molecule has 0 saturated carbocycles. The van der Waals surface area contributed by atoms with E-state index < -0.39 is 18.0 Å². The van der Waals surface area contributed by atoms with Crippen LogP contribution in [0.3, 0.4) is 0 Å². The molecule has 2 aromatic rings. The van der Waals surface area contributed by atoms with Gasteiger partial charge in [-0.1, -0.05) is 31.2 Å². The third-order valence-corrected chi connectivity index (χ3v) is 8.36. The number of aliphatic hydroxyl groups is 2. The fourth-order valence-corrected chi connectivity index (χ4v) is 6.86. The van der Waals surface area contributed by atoms with Gasteiger partial charge >= 0.3 is 5.97 Å². The topological polar surface area (TPSA) is 90.3 Å². The Morgan fingerprint density at radius 2 is 2.09 bits per heavy atom. The van der Waals surface area contributed by atoms with Gasteiger partial charge in [0.05, 0.1) is 25.2 Å². The molecule has 3 aliphatic rings. The van der Waals surface area contributed by atoms with Crippen molar-refractivity contribution in [1.29, 1.82) is 0 Å². The average Bonchev–Trinajstić information content (AvgIpc) is 3.30. The molecule has 0 spiro atoms. The zero-order valence-corrected chi connectivity index (χ0v) is 19.8. The number of amides is 1. The van der Waals surface area contributed by atoms with E-state index in [9.17, 15) is 19.8 Å². The highest BCUT2D eigenvalue weighted by Gasteiger charge is 2.60. The van der Waals surface area contributed by atoms with E-state index in [1.54, 1.807) is 18.9 Å². The van der Waals surface area contributed by atoms with Gasteiger partial charge in [0, 0.05) is 30.5 Å². The number of rotatable bonds is 6. The van der Waals surface area contributed by atoms with E-state index in [-0.39, 0.29) is 24.5 Å². The van der Waals surface area contributed by atoms with Gasteiger partial charge in [0.15, 0.2) is 0 Å². The van der Waals surface area contributed by atoms with Crippen molar-refractivity contribution >= 4 is 34.6 Å². The maximum Gasteiger partial charge on any atom is 0.354 e. The molecule has 0 aromatic heterocycles. The highest BCUT2D eigenvalue weighted by Crippen LogP contribution is 2.49. The molecule has 4 unspecified atom stereocenters. The molecule has 1 fully saturated rings. The average molecular weight is 469 g/mol. The number of benzene rings is 2. The van der Waals surface area contributed by atoms with E-state index in [0.717, 1.165) is 26.8 Å². The van der Waals surface area contributed by atoms with Crippen molar-refractivity contribution in [2.75, 3.05) is 20.3 Å². The number of hydrogen-bond acceptors (Lipinski definition) is 7. The lowest BCUT2D eigenvalue weighted by Gasteiger charge is -2.46. The molecule has 1 saturated heterocycles. The van der Waals surface area contributed by atoms with Crippen LogP contribution in [0.5, 0.6) is 0 Å². The highest BCUT2D eigenvalue weighted by atomic mass is 32.2. The van der Waals surface area contributed by atoms with Gasteiger partial charge in [0.25, 0.3) is 0 Å². The van der Waals surface area contributed by atoms with Crippen molar-refractivity contribution in [1.82, 2.24) is 9.21 Å². The van der Waals surface area contributed by atoms with Crippen LogP contribution in [0.25, 0.3) is 10.8 Å². The zero-order chi connectivity index (χ0) is 23.4. The summed E-state index contributed by atoms with van der Waals surface area (Å²) in [7, 11) is 1.33. The van der Waals surface area contributed by atoms with Gasteiger partial charge in [0.1, 0.15) is 5.70 Å². The maximum atomic E-state index is 12.8. The summed E-state index contributed by atoms with van der Waals surface area (Å²) in [4.78, 5) is 28.1. The van der Waals surface area contributed by atoms with E-state index in [2.05, 4.69) is 22.5 Å². The number of aliphatic hydroxyl groups excluding tert-OH is 2. The Labute approximate surface area is 197 Å². The van der Waals surface area contributed by atoms with Crippen LogP contribution in [0, 0.1) is 11.8 Å². The minimum atomic E-state index is -0.765. The lowest BCUT2D eigenvalue weighted by atomic mass is 9.78. The molecule has 8 heteroatoms. The lowest BCUT2D eigenvalue weighted by molar-refractivity contribution is -0.163. The molecule has 174 valence electrons. The fourth-order valence-electron chi connectivity index (χ4n) is 5.63. The van der Waals surface area contributed by atoms with Gasteiger partial charge in [-0.25, -0.2) is 9.10 Å². The molecule has 2 aromatic carbocycles. The molecule has 4 atom stereocenters. The second kappa shape index (κ2) is 8.43. The molecule has 1 amide bonds. The largest absolute Gasteiger partial charge is 0.464 e. The smallest absolute Gasteiger partial charge is 0.354 e. The van der Waals surface area contributed by atoms with Crippen LogP contribution >= 0.6 is 11.9 Å². The summed E-state index contributed by atoms with van der Waals surface area (Å²) in [5.74, 6) is -1.28. The molecular formula is C25H28N2O5S. The lowest BCUT2D eigenvalue weighted by Crippen LogP contribution is -2.63. The molecule has 0 bridgehead atoms. The van der Waals surface area contributed by atoms with Crippen LogP contribution in [0.4, 0.5) is 0 Å². The second-order valence-corrected chi connectivity index (χ2v) is 10.2. The standard InChI is InChI=1S/C25H28N2O5S/c1-13-19(22(25(31)32-3)27-21(13)20(14(2)29)24(27)30)12-26-11-16-10-15-6-4-5-7-17(15)18(8-9-28)23(16)33-26/h4-7,10,13-14,20-21,28-29H,8-9,11-12H2,1-3H3. The first kappa shape index (κ1) is 22.4. The first-order valence-electron chi connectivity index (χ1n) is 11.3. The number of hydrogen-bond donors (Lipinski definition) is 2. The normalized spacial score (nSPS) is 25.3. The quantitative estimate of drug-likeness (QED) is 0.382. The second-order valence-electron chi connectivity index (χ2n) is 9.05. The predicted molar refractivity (Wildman–Crippen MR) is 125 cm³/mol. The summed E-state index contributed by atoms with van der Waals surface area (Å²) in [6.45, 7) is 4.93. The monoisotopic (exact) mass is 468 g/mol. The maximum absolute atomic E-state index is 12.8. The van der Waals surface area contributed by atoms with E-state index in [4.69, 9.17) is 4.74 Å². The fraction of sp³-hybridized carbons (Fsp3) is 0.440. The first-order valence-corrected chi connectivity index (χ1v) is 12.0. The molecule has 7 nitrogen and oxygen atoms in total. The van der Waals surface area contributed by atoms with Crippen molar-refractivity contribution in [2.24, 2.45) is 11.8 Å². The Balaban J connectivity index is 1.48. The zero-order valence-electron chi connectivity index (χ0n) is 18.9. The van der Waals surface area contributed by atoms with Crippen LogP contribution < -0.4 is 0 Å². The van der Waals surface area contributed by atoms with Gasteiger partial charge in [-0.2, -0.15) is 0 Å². The SMILES string of the molecule is COC(=O)C1=C(CN2Cc3cc4ccccc4c(CCO)c3S2)C(C)C2C(C(C)O)C(=O)N12. The van der Waals surface area contributed by atoms with Crippen molar-refractivity contribution in [2.45, 2.75) is 43.9 Å². The Morgan fingerprint density at radius 3 is 2.79 bits per heavy atom. The first-order chi connectivity index (χ1) is 15.9. The highest BCUT2D eigenvalue weighted by molar-refractivity contribution is 7.97. The number of fused-ring (bicyclic) bond motifs is 3. The van der Waals surface area contributed by atoms with Crippen LogP contribution in [-0.2, 0) is 27.3 Å². The Bertz CT molecular complexity index is 1180. The van der Waals surface area contributed by atoms with E-state index in [0.29, 0.717) is 25.2 Å². The minimum Gasteiger partial charge on any atom is -0.464 e. The number of nitrogens with zero attached hydrogens (tertiary/aromatic N) is 2. The van der Waals surface area contributed by atoms with Crippen molar-refractivity contribution in [3.8, 4) is 0 Å². The summed E-state index contributed by atoms with van der Waals surface area (Å²) in [6, 6.07) is 10.2. The third-order valence-electron chi connectivity index (χ3n) is 7.15.